The Labute approximate surface area is 113 Å². The van der Waals surface area contributed by atoms with Crippen molar-refractivity contribution in [2.75, 3.05) is 11.5 Å². The van der Waals surface area contributed by atoms with Crippen LogP contribution < -0.4 is 5.73 Å². The average Bonchev–Trinajstić information content (AvgIpc) is 2.37. The molecule has 0 aliphatic rings. The molecule has 0 spiro atoms. The Morgan fingerprint density at radius 2 is 1.84 bits per heavy atom. The molecule has 2 rings (SSSR count). The predicted octanol–water partition coefficient (Wildman–Crippen LogP) is 1.99. The first-order valence-corrected chi connectivity index (χ1v) is 7.62. The maximum absolute atomic E-state index is 12.3. The van der Waals surface area contributed by atoms with Crippen molar-refractivity contribution in [3.63, 3.8) is 0 Å². The molecule has 0 amide bonds. The predicted molar refractivity (Wildman–Crippen MR) is 75.6 cm³/mol. The average molecular weight is 276 g/mol. The van der Waals surface area contributed by atoms with Crippen LogP contribution in [0.4, 0.5) is 5.69 Å². The molecular weight excluding hydrogens is 260 g/mol. The minimum atomic E-state index is -3.28. The number of benzene rings is 1. The van der Waals surface area contributed by atoms with E-state index in [0.717, 1.165) is 5.56 Å². The molecule has 0 fully saturated rings. The normalized spacial score (nSPS) is 11.4. The molecule has 5 heteroatoms. The van der Waals surface area contributed by atoms with Crippen molar-refractivity contribution >= 4 is 15.5 Å². The zero-order chi connectivity index (χ0) is 13.9. The number of aryl methyl sites for hydroxylation is 2. The highest BCUT2D eigenvalue weighted by atomic mass is 32.2. The molecule has 0 unspecified atom stereocenters. The van der Waals surface area contributed by atoms with Gasteiger partial charge >= 0.3 is 0 Å². The zero-order valence-electron chi connectivity index (χ0n) is 10.7. The Bertz CT molecular complexity index is 667. The number of anilines is 1. The number of rotatable bonds is 4. The molecule has 0 saturated carbocycles. The molecule has 0 aliphatic heterocycles. The van der Waals surface area contributed by atoms with E-state index in [0.29, 0.717) is 22.6 Å². The summed E-state index contributed by atoms with van der Waals surface area (Å²) < 4.78 is 24.6. The van der Waals surface area contributed by atoms with E-state index in [2.05, 4.69) is 4.98 Å². The Kier molecular flexibility index (Phi) is 3.85. The number of hydrogen-bond donors (Lipinski definition) is 1. The molecular formula is C14H16N2O2S. The van der Waals surface area contributed by atoms with E-state index in [9.17, 15) is 8.42 Å². The number of nitrogens with two attached hydrogens (primary N) is 1. The summed E-state index contributed by atoms with van der Waals surface area (Å²) in [5.41, 5.74) is 7.86. The van der Waals surface area contributed by atoms with Gasteiger partial charge in [0.1, 0.15) is 0 Å². The monoisotopic (exact) mass is 276 g/mol. The highest BCUT2D eigenvalue weighted by Gasteiger charge is 2.16. The van der Waals surface area contributed by atoms with Crippen molar-refractivity contribution in [1.82, 2.24) is 4.98 Å². The van der Waals surface area contributed by atoms with Crippen molar-refractivity contribution in [3.05, 3.63) is 53.9 Å². The van der Waals surface area contributed by atoms with Crippen LogP contribution in [-0.2, 0) is 16.3 Å². The molecule has 0 saturated heterocycles. The maximum atomic E-state index is 12.3. The first kappa shape index (κ1) is 13.5. The van der Waals surface area contributed by atoms with Gasteiger partial charge in [0.2, 0.25) is 0 Å². The first-order valence-electron chi connectivity index (χ1n) is 5.97. The molecule has 1 aromatic heterocycles. The van der Waals surface area contributed by atoms with Gasteiger partial charge in [0.15, 0.2) is 9.84 Å². The summed E-state index contributed by atoms with van der Waals surface area (Å²) in [6, 6.07) is 8.52. The number of sulfone groups is 1. The minimum absolute atomic E-state index is 0.0851. The lowest BCUT2D eigenvalue weighted by atomic mass is 10.2. The summed E-state index contributed by atoms with van der Waals surface area (Å²) in [4.78, 5) is 4.27. The molecule has 19 heavy (non-hydrogen) atoms. The SMILES string of the molecule is Cc1cc(N)ccc1S(=O)(=O)CCc1ccncc1. The third-order valence-corrected chi connectivity index (χ3v) is 4.81. The van der Waals surface area contributed by atoms with Gasteiger partial charge in [-0.3, -0.25) is 4.98 Å². The second kappa shape index (κ2) is 5.40. The van der Waals surface area contributed by atoms with Crippen molar-refractivity contribution in [2.24, 2.45) is 0 Å². The van der Waals surface area contributed by atoms with Gasteiger partial charge in [-0.2, -0.15) is 0 Å². The number of aromatic nitrogens is 1. The maximum Gasteiger partial charge on any atom is 0.178 e. The van der Waals surface area contributed by atoms with Crippen molar-refractivity contribution in [2.45, 2.75) is 18.2 Å². The Balaban J connectivity index is 2.19. The van der Waals surface area contributed by atoms with E-state index in [1.54, 1.807) is 37.5 Å². The summed E-state index contributed by atoms with van der Waals surface area (Å²) in [6.07, 6.45) is 3.81. The van der Waals surface area contributed by atoms with Gasteiger partial charge in [-0.15, -0.1) is 0 Å². The molecule has 1 aromatic carbocycles. The molecule has 0 radical (unpaired) electrons. The fourth-order valence-electron chi connectivity index (χ4n) is 1.93. The van der Waals surface area contributed by atoms with Crippen molar-refractivity contribution in [3.8, 4) is 0 Å². The molecule has 100 valence electrons. The topological polar surface area (TPSA) is 73.1 Å². The van der Waals surface area contributed by atoms with E-state index in [1.807, 2.05) is 12.1 Å². The molecule has 1 heterocycles. The van der Waals surface area contributed by atoms with E-state index in [-0.39, 0.29) is 5.75 Å². The number of pyridine rings is 1. The lowest BCUT2D eigenvalue weighted by molar-refractivity contribution is 0.594. The third kappa shape index (κ3) is 3.32. The van der Waals surface area contributed by atoms with Gasteiger partial charge in [0.05, 0.1) is 10.6 Å². The van der Waals surface area contributed by atoms with Gasteiger partial charge in [-0.25, -0.2) is 8.42 Å². The van der Waals surface area contributed by atoms with Crippen molar-refractivity contribution in [1.29, 1.82) is 0 Å². The number of nitrogen functional groups attached to an aromatic ring is 1. The molecule has 0 atom stereocenters. The van der Waals surface area contributed by atoms with E-state index < -0.39 is 9.84 Å². The first-order chi connectivity index (χ1) is 8.99. The lowest BCUT2D eigenvalue weighted by Crippen LogP contribution is -2.11. The molecule has 0 bridgehead atoms. The summed E-state index contributed by atoms with van der Waals surface area (Å²) in [6.45, 7) is 1.76. The van der Waals surface area contributed by atoms with Crippen LogP contribution in [0, 0.1) is 6.92 Å². The molecule has 2 aromatic rings. The second-order valence-corrected chi connectivity index (χ2v) is 6.53. The Hall–Kier alpha value is -1.88. The fraction of sp³-hybridized carbons (Fsp3) is 0.214. The van der Waals surface area contributed by atoms with Crippen LogP contribution in [0.3, 0.4) is 0 Å². The van der Waals surface area contributed by atoms with Crippen molar-refractivity contribution < 1.29 is 8.42 Å². The summed E-state index contributed by atoms with van der Waals surface area (Å²) in [5, 5.41) is 0. The van der Waals surface area contributed by atoms with Crippen LogP contribution in [0.25, 0.3) is 0 Å². The quantitative estimate of drug-likeness (QED) is 0.867. The van der Waals surface area contributed by atoms with Crippen LogP contribution in [-0.4, -0.2) is 19.2 Å². The van der Waals surface area contributed by atoms with Crippen LogP contribution in [0.15, 0.2) is 47.6 Å². The standard InChI is InChI=1S/C14H16N2O2S/c1-11-10-13(15)2-3-14(11)19(17,18)9-6-12-4-7-16-8-5-12/h2-5,7-8,10H,6,9,15H2,1H3. The molecule has 4 nitrogen and oxygen atoms in total. The highest BCUT2D eigenvalue weighted by molar-refractivity contribution is 7.91. The summed E-state index contributed by atoms with van der Waals surface area (Å²) in [7, 11) is -3.28. The second-order valence-electron chi connectivity index (χ2n) is 4.45. The van der Waals surface area contributed by atoms with E-state index >= 15 is 0 Å². The molecule has 2 N–H and O–H groups in total. The summed E-state index contributed by atoms with van der Waals surface area (Å²) in [5.74, 6) is 0.0851. The van der Waals surface area contributed by atoms with Gasteiger partial charge in [-0.1, -0.05) is 0 Å². The molecule has 0 aliphatic carbocycles. The smallest absolute Gasteiger partial charge is 0.178 e. The fourth-order valence-corrected chi connectivity index (χ4v) is 3.48. The number of nitrogens with zero attached hydrogens (tertiary/aromatic N) is 1. The van der Waals surface area contributed by atoms with Crippen LogP contribution in [0.5, 0.6) is 0 Å². The van der Waals surface area contributed by atoms with Crippen LogP contribution >= 0.6 is 0 Å². The number of hydrogen-bond acceptors (Lipinski definition) is 4. The summed E-state index contributed by atoms with van der Waals surface area (Å²) >= 11 is 0. The zero-order valence-corrected chi connectivity index (χ0v) is 11.5. The van der Waals surface area contributed by atoms with Crippen LogP contribution in [0.2, 0.25) is 0 Å². The third-order valence-electron chi connectivity index (χ3n) is 2.94. The van der Waals surface area contributed by atoms with Gasteiger partial charge in [0, 0.05) is 18.1 Å². The van der Waals surface area contributed by atoms with Crippen LogP contribution in [0.1, 0.15) is 11.1 Å². The van der Waals surface area contributed by atoms with Gasteiger partial charge in [-0.05, 0) is 54.8 Å². The minimum Gasteiger partial charge on any atom is -0.399 e. The lowest BCUT2D eigenvalue weighted by Gasteiger charge is -2.08. The van der Waals surface area contributed by atoms with Gasteiger partial charge < -0.3 is 5.73 Å². The van der Waals surface area contributed by atoms with E-state index in [1.165, 1.54) is 0 Å². The Morgan fingerprint density at radius 3 is 2.47 bits per heavy atom. The van der Waals surface area contributed by atoms with E-state index in [4.69, 9.17) is 5.73 Å². The largest absolute Gasteiger partial charge is 0.399 e. The Morgan fingerprint density at radius 1 is 1.16 bits per heavy atom. The highest BCUT2D eigenvalue weighted by Crippen LogP contribution is 2.20. The van der Waals surface area contributed by atoms with Gasteiger partial charge in [0.25, 0.3) is 0 Å².